The number of aryl methyl sites for hydroxylation is 1. The number of hydrogen-bond donors (Lipinski definition) is 1. The highest BCUT2D eigenvalue weighted by Gasteiger charge is 2.17. The van der Waals surface area contributed by atoms with Gasteiger partial charge in [-0.1, -0.05) is 6.07 Å². The van der Waals surface area contributed by atoms with Gasteiger partial charge in [0.1, 0.15) is 5.82 Å². The summed E-state index contributed by atoms with van der Waals surface area (Å²) in [5, 5.41) is 12.1. The molecule has 1 aromatic heterocycles. The molecule has 22 heavy (non-hydrogen) atoms. The minimum Gasteiger partial charge on any atom is -0.381 e. The number of nitrogens with one attached hydrogen (secondary N) is 1. The molecule has 0 aliphatic heterocycles. The summed E-state index contributed by atoms with van der Waals surface area (Å²) in [4.78, 5) is 8.02. The van der Waals surface area contributed by atoms with E-state index in [1.807, 2.05) is 6.92 Å². The number of nitriles is 1. The van der Waals surface area contributed by atoms with Crippen molar-refractivity contribution in [2.75, 3.05) is 11.9 Å². The molecule has 0 fully saturated rings. The van der Waals surface area contributed by atoms with E-state index in [1.54, 1.807) is 32.2 Å². The van der Waals surface area contributed by atoms with E-state index in [2.05, 4.69) is 21.4 Å². The number of benzene rings is 1. The van der Waals surface area contributed by atoms with Crippen LogP contribution in [0.15, 0.2) is 24.4 Å². The van der Waals surface area contributed by atoms with Crippen LogP contribution in [0.1, 0.15) is 19.4 Å². The van der Waals surface area contributed by atoms with Gasteiger partial charge in [-0.15, -0.1) is 0 Å². The van der Waals surface area contributed by atoms with Crippen LogP contribution in [0.2, 0.25) is 5.28 Å². The van der Waals surface area contributed by atoms with Gasteiger partial charge in [0.15, 0.2) is 0 Å². The fourth-order valence-corrected chi connectivity index (χ4v) is 2.01. The van der Waals surface area contributed by atoms with Crippen LogP contribution in [0.3, 0.4) is 0 Å². The van der Waals surface area contributed by atoms with Gasteiger partial charge in [0.25, 0.3) is 0 Å². The Kier molecular flexibility index (Phi) is 4.62. The van der Waals surface area contributed by atoms with Crippen LogP contribution >= 0.6 is 11.6 Å². The van der Waals surface area contributed by atoms with Gasteiger partial charge in [-0.25, -0.2) is 14.4 Å². The van der Waals surface area contributed by atoms with Crippen LogP contribution in [-0.4, -0.2) is 16.5 Å². The topological polar surface area (TPSA) is 61.6 Å². The highest BCUT2D eigenvalue weighted by atomic mass is 35.5. The smallest absolute Gasteiger partial charge is 0.222 e. The van der Waals surface area contributed by atoms with E-state index in [4.69, 9.17) is 16.9 Å². The van der Waals surface area contributed by atoms with Crippen molar-refractivity contribution in [3.63, 3.8) is 0 Å². The monoisotopic (exact) mass is 318 g/mol. The molecule has 114 valence electrons. The summed E-state index contributed by atoms with van der Waals surface area (Å²) in [5.74, 6) is -0.402. The molecule has 1 aromatic carbocycles. The summed E-state index contributed by atoms with van der Waals surface area (Å²) in [5.41, 5.74) is 1.83. The van der Waals surface area contributed by atoms with Gasteiger partial charge in [0.2, 0.25) is 5.28 Å². The number of halogens is 2. The quantitative estimate of drug-likeness (QED) is 0.858. The molecule has 4 nitrogen and oxygen atoms in total. The zero-order chi connectivity index (χ0) is 16.3. The van der Waals surface area contributed by atoms with Crippen LogP contribution < -0.4 is 5.32 Å². The van der Waals surface area contributed by atoms with E-state index in [-0.39, 0.29) is 5.28 Å². The molecule has 0 amide bonds. The van der Waals surface area contributed by atoms with Gasteiger partial charge in [0.05, 0.1) is 22.9 Å². The Morgan fingerprint density at radius 3 is 2.77 bits per heavy atom. The third kappa shape index (κ3) is 3.71. The molecular formula is C16H16ClFN4. The molecule has 0 spiro atoms. The average molecular weight is 319 g/mol. The fraction of sp³-hybridized carbons (Fsp3) is 0.312. The first-order valence-corrected chi connectivity index (χ1v) is 7.14. The molecule has 1 heterocycles. The standard InChI is InChI=1S/C16H16ClFN4/c1-10-7-20-15(17)22-14(10)11-4-5-13(12(18)6-11)21-9-16(2,3)8-19/h4-7,21H,9H2,1-3H3. The van der Waals surface area contributed by atoms with Crippen molar-refractivity contribution >= 4 is 17.3 Å². The predicted molar refractivity (Wildman–Crippen MR) is 85.1 cm³/mol. The van der Waals surface area contributed by atoms with Crippen LogP contribution in [0.25, 0.3) is 11.3 Å². The third-order valence-corrected chi connectivity index (χ3v) is 3.39. The minimum atomic E-state index is -0.568. The Hall–Kier alpha value is -2.19. The van der Waals surface area contributed by atoms with E-state index in [0.29, 0.717) is 23.5 Å². The van der Waals surface area contributed by atoms with Gasteiger partial charge in [-0.3, -0.25) is 0 Å². The first kappa shape index (κ1) is 16.2. The van der Waals surface area contributed by atoms with E-state index in [1.165, 1.54) is 6.07 Å². The Morgan fingerprint density at radius 2 is 2.14 bits per heavy atom. The van der Waals surface area contributed by atoms with Gasteiger partial charge in [0, 0.05) is 18.3 Å². The maximum atomic E-state index is 14.2. The maximum absolute atomic E-state index is 14.2. The maximum Gasteiger partial charge on any atom is 0.222 e. The molecule has 2 aromatic rings. The number of anilines is 1. The summed E-state index contributed by atoms with van der Waals surface area (Å²) < 4.78 is 14.2. The Bertz CT molecular complexity index is 737. The zero-order valence-corrected chi connectivity index (χ0v) is 13.4. The fourth-order valence-electron chi connectivity index (χ4n) is 1.87. The largest absolute Gasteiger partial charge is 0.381 e. The second kappa shape index (κ2) is 6.29. The highest BCUT2D eigenvalue weighted by Crippen LogP contribution is 2.26. The Morgan fingerprint density at radius 1 is 1.41 bits per heavy atom. The SMILES string of the molecule is Cc1cnc(Cl)nc1-c1ccc(NCC(C)(C)C#N)c(F)c1. The minimum absolute atomic E-state index is 0.124. The van der Waals surface area contributed by atoms with E-state index >= 15 is 0 Å². The zero-order valence-electron chi connectivity index (χ0n) is 12.6. The molecular weight excluding hydrogens is 303 g/mol. The second-order valence-corrected chi connectivity index (χ2v) is 6.05. The number of hydrogen-bond acceptors (Lipinski definition) is 4. The highest BCUT2D eigenvalue weighted by molar-refractivity contribution is 6.28. The second-order valence-electron chi connectivity index (χ2n) is 5.71. The van der Waals surface area contributed by atoms with E-state index in [9.17, 15) is 4.39 Å². The normalized spacial score (nSPS) is 11.1. The molecule has 0 bridgehead atoms. The lowest BCUT2D eigenvalue weighted by Crippen LogP contribution is -2.21. The van der Waals surface area contributed by atoms with Crippen LogP contribution in [-0.2, 0) is 0 Å². The number of aromatic nitrogens is 2. The molecule has 0 unspecified atom stereocenters. The molecule has 2 rings (SSSR count). The molecule has 1 N–H and O–H groups in total. The van der Waals surface area contributed by atoms with Gasteiger partial charge in [-0.2, -0.15) is 5.26 Å². The number of nitrogens with zero attached hydrogens (tertiary/aromatic N) is 3. The third-order valence-electron chi connectivity index (χ3n) is 3.21. The van der Waals surface area contributed by atoms with E-state index in [0.717, 1.165) is 5.56 Å². The van der Waals surface area contributed by atoms with Crippen molar-refractivity contribution < 1.29 is 4.39 Å². The molecule has 0 aliphatic rings. The lowest BCUT2D eigenvalue weighted by Gasteiger charge is -2.17. The molecule has 0 saturated carbocycles. The first-order valence-electron chi connectivity index (χ1n) is 6.76. The lowest BCUT2D eigenvalue weighted by atomic mass is 9.96. The van der Waals surface area contributed by atoms with Crippen LogP contribution in [0.5, 0.6) is 0 Å². The molecule has 0 saturated heterocycles. The molecule has 0 radical (unpaired) electrons. The average Bonchev–Trinajstić information content (AvgIpc) is 2.48. The van der Waals surface area contributed by atoms with Gasteiger partial charge in [-0.05, 0) is 50.1 Å². The predicted octanol–water partition coefficient (Wildman–Crippen LogP) is 4.21. The molecule has 6 heteroatoms. The van der Waals surface area contributed by atoms with Crippen molar-refractivity contribution in [1.29, 1.82) is 5.26 Å². The summed E-state index contributed by atoms with van der Waals surface area (Å²) in [7, 11) is 0. The summed E-state index contributed by atoms with van der Waals surface area (Å²) in [6.45, 7) is 5.78. The van der Waals surface area contributed by atoms with Gasteiger partial charge < -0.3 is 5.32 Å². The number of rotatable bonds is 4. The van der Waals surface area contributed by atoms with Crippen molar-refractivity contribution in [3.05, 3.63) is 41.1 Å². The van der Waals surface area contributed by atoms with Crippen molar-refractivity contribution in [2.24, 2.45) is 5.41 Å². The van der Waals surface area contributed by atoms with Crippen molar-refractivity contribution in [3.8, 4) is 17.3 Å². The van der Waals surface area contributed by atoms with Crippen molar-refractivity contribution in [1.82, 2.24) is 9.97 Å². The molecule has 0 aliphatic carbocycles. The van der Waals surface area contributed by atoms with Crippen LogP contribution in [0, 0.1) is 29.5 Å². The Balaban J connectivity index is 2.27. The summed E-state index contributed by atoms with van der Waals surface area (Å²) in [6, 6.07) is 6.95. The Labute approximate surface area is 134 Å². The van der Waals surface area contributed by atoms with Gasteiger partial charge >= 0.3 is 0 Å². The van der Waals surface area contributed by atoms with E-state index < -0.39 is 11.2 Å². The molecule has 0 atom stereocenters. The summed E-state index contributed by atoms with van der Waals surface area (Å²) in [6.07, 6.45) is 1.60. The first-order chi connectivity index (χ1) is 10.3. The van der Waals surface area contributed by atoms with Crippen molar-refractivity contribution in [2.45, 2.75) is 20.8 Å². The summed E-state index contributed by atoms with van der Waals surface area (Å²) >= 11 is 5.79. The van der Waals surface area contributed by atoms with Crippen LogP contribution in [0.4, 0.5) is 10.1 Å². The lowest BCUT2D eigenvalue weighted by molar-refractivity contribution is 0.526.